The fourth-order valence-corrected chi connectivity index (χ4v) is 5.73. The molecule has 2 N–H and O–H groups in total. The van der Waals surface area contributed by atoms with Crippen LogP contribution in [0.5, 0.6) is 0 Å². The van der Waals surface area contributed by atoms with Gasteiger partial charge in [-0.1, -0.05) is 23.9 Å². The van der Waals surface area contributed by atoms with Gasteiger partial charge in [-0.05, 0) is 36.5 Å². The van der Waals surface area contributed by atoms with Gasteiger partial charge in [0.25, 0.3) is 5.56 Å². The van der Waals surface area contributed by atoms with E-state index in [1.165, 1.54) is 28.7 Å². The van der Waals surface area contributed by atoms with Crippen LogP contribution in [0.15, 0.2) is 57.1 Å². The van der Waals surface area contributed by atoms with Crippen LogP contribution in [0.1, 0.15) is 41.3 Å². The Kier molecular flexibility index (Phi) is 3.70. The molecule has 1 saturated carbocycles. The number of thioether (sulfide) groups is 1. The number of carboxylic acid groups (broad SMARTS) is 1. The molecule has 0 amide bonds. The van der Waals surface area contributed by atoms with Gasteiger partial charge in [-0.25, -0.2) is 14.8 Å². The highest BCUT2D eigenvalue weighted by atomic mass is 32.2. The summed E-state index contributed by atoms with van der Waals surface area (Å²) in [5.41, 5.74) is 3.31. The number of nitrogens with zero attached hydrogens (tertiary/aromatic N) is 3. The second kappa shape index (κ2) is 6.33. The molecule has 0 radical (unpaired) electrons. The number of H-pyrrole nitrogens is 1. The first-order valence-corrected chi connectivity index (χ1v) is 10.5. The molecule has 1 aliphatic carbocycles. The maximum absolute atomic E-state index is 13.1. The van der Waals surface area contributed by atoms with E-state index < -0.39 is 17.3 Å². The molecule has 1 aromatic carbocycles. The minimum atomic E-state index is -1.04. The first-order valence-electron chi connectivity index (χ1n) is 9.65. The first kappa shape index (κ1) is 17.5. The number of aliphatic carboxylic acids is 1. The van der Waals surface area contributed by atoms with E-state index in [1.807, 2.05) is 24.3 Å². The zero-order valence-corrected chi connectivity index (χ0v) is 16.4. The Labute approximate surface area is 174 Å². The summed E-state index contributed by atoms with van der Waals surface area (Å²) < 4.78 is 7.37. The van der Waals surface area contributed by atoms with Crippen molar-refractivity contribution in [2.75, 3.05) is 0 Å². The number of fused-ring (bicyclic) bond motifs is 2. The van der Waals surface area contributed by atoms with E-state index in [-0.39, 0.29) is 11.5 Å². The molecule has 8 nitrogen and oxygen atoms in total. The fraction of sp³-hybridized carbons (Fsp3) is 0.238. The van der Waals surface area contributed by atoms with Crippen molar-refractivity contribution >= 4 is 28.8 Å². The van der Waals surface area contributed by atoms with Gasteiger partial charge in [-0.3, -0.25) is 9.36 Å². The summed E-state index contributed by atoms with van der Waals surface area (Å²) >= 11 is 1.40. The number of imidazole rings is 1. The van der Waals surface area contributed by atoms with E-state index in [1.54, 1.807) is 6.20 Å². The summed E-state index contributed by atoms with van der Waals surface area (Å²) in [6.07, 6.45) is 5.12. The minimum absolute atomic E-state index is 0.263. The van der Waals surface area contributed by atoms with Crippen LogP contribution in [-0.2, 0) is 4.79 Å². The van der Waals surface area contributed by atoms with Crippen molar-refractivity contribution in [3.63, 3.8) is 0 Å². The molecule has 4 aromatic rings. The van der Waals surface area contributed by atoms with Crippen molar-refractivity contribution < 1.29 is 14.3 Å². The molecule has 9 heteroatoms. The van der Waals surface area contributed by atoms with Crippen molar-refractivity contribution in [3.05, 3.63) is 64.5 Å². The zero-order chi connectivity index (χ0) is 20.4. The Morgan fingerprint density at radius 1 is 1.30 bits per heavy atom. The molecule has 3 aromatic heterocycles. The normalized spacial score (nSPS) is 20.5. The van der Waals surface area contributed by atoms with E-state index in [0.29, 0.717) is 27.8 Å². The van der Waals surface area contributed by atoms with E-state index in [0.717, 1.165) is 23.9 Å². The quantitative estimate of drug-likeness (QED) is 0.517. The fourth-order valence-electron chi connectivity index (χ4n) is 4.15. The second-order valence-corrected chi connectivity index (χ2v) is 8.70. The predicted molar refractivity (Wildman–Crippen MR) is 110 cm³/mol. The smallest absolute Gasteiger partial charge is 0.328 e. The predicted octanol–water partition coefficient (Wildman–Crippen LogP) is 3.73. The Morgan fingerprint density at radius 2 is 2.13 bits per heavy atom. The lowest BCUT2D eigenvalue weighted by molar-refractivity contribution is -0.141. The molecule has 30 heavy (non-hydrogen) atoms. The number of para-hydroxylation sites is 2. The highest BCUT2D eigenvalue weighted by Gasteiger charge is 2.45. The van der Waals surface area contributed by atoms with Gasteiger partial charge < -0.3 is 14.5 Å². The number of pyridine rings is 1. The number of oxazole rings is 1. The summed E-state index contributed by atoms with van der Waals surface area (Å²) in [6, 6.07) is 7.94. The van der Waals surface area contributed by atoms with Crippen molar-refractivity contribution in [1.82, 2.24) is 19.5 Å². The standard InChI is InChI=1S/C21H16N4O4S/c26-15-7-11(19-24-12-3-1-2-4-14(12)29-19)16(10-5-6-10)20-25(15)17(21(27)28)18(30-20)13-8-22-9-23-13/h1-4,7-10,17-18H,5-6H2,(H,22,23)(H,27,28). The third kappa shape index (κ3) is 2.55. The van der Waals surface area contributed by atoms with E-state index in [9.17, 15) is 14.7 Å². The van der Waals surface area contributed by atoms with Crippen molar-refractivity contribution in [3.8, 4) is 11.5 Å². The molecule has 6 rings (SSSR count). The third-order valence-electron chi connectivity index (χ3n) is 5.64. The van der Waals surface area contributed by atoms with Crippen molar-refractivity contribution in [2.45, 2.75) is 35.1 Å². The van der Waals surface area contributed by atoms with Crippen LogP contribution in [0, 0.1) is 0 Å². The lowest BCUT2D eigenvalue weighted by atomic mass is 10.0. The number of aromatic nitrogens is 4. The molecule has 1 aliphatic heterocycles. The number of carboxylic acids is 1. The van der Waals surface area contributed by atoms with Gasteiger partial charge in [0.1, 0.15) is 5.52 Å². The second-order valence-electron chi connectivity index (χ2n) is 7.57. The molecule has 0 spiro atoms. The van der Waals surface area contributed by atoms with Crippen LogP contribution in [-0.4, -0.2) is 30.6 Å². The van der Waals surface area contributed by atoms with Crippen LogP contribution in [0.2, 0.25) is 0 Å². The van der Waals surface area contributed by atoms with Gasteiger partial charge in [0.2, 0.25) is 5.89 Å². The topological polar surface area (TPSA) is 114 Å². The molecule has 0 bridgehead atoms. The molecule has 2 atom stereocenters. The van der Waals surface area contributed by atoms with Gasteiger partial charge in [-0.15, -0.1) is 0 Å². The number of hydrogen-bond acceptors (Lipinski definition) is 6. The van der Waals surface area contributed by atoms with E-state index in [4.69, 9.17) is 4.42 Å². The maximum atomic E-state index is 13.1. The largest absolute Gasteiger partial charge is 0.480 e. The SMILES string of the molecule is O=C(O)C1C(c2cnc[nH]2)Sc2c(C3CC3)c(-c3nc4ccccc4o3)cc(=O)n21. The molecule has 2 aliphatic rings. The van der Waals surface area contributed by atoms with Crippen molar-refractivity contribution in [2.24, 2.45) is 0 Å². The number of carbonyl (C=O) groups is 1. The highest BCUT2D eigenvalue weighted by Crippen LogP contribution is 2.56. The van der Waals surface area contributed by atoms with Gasteiger partial charge in [0, 0.05) is 17.8 Å². The average molecular weight is 420 g/mol. The highest BCUT2D eigenvalue weighted by molar-refractivity contribution is 7.99. The molecular weight excluding hydrogens is 404 g/mol. The molecule has 150 valence electrons. The first-order chi connectivity index (χ1) is 14.6. The Morgan fingerprint density at radius 3 is 2.83 bits per heavy atom. The minimum Gasteiger partial charge on any atom is -0.480 e. The summed E-state index contributed by atoms with van der Waals surface area (Å²) in [7, 11) is 0. The molecule has 0 saturated heterocycles. The van der Waals surface area contributed by atoms with Crippen LogP contribution in [0.4, 0.5) is 0 Å². The molecular formula is C21H16N4O4S. The lowest BCUT2D eigenvalue weighted by Crippen LogP contribution is -2.30. The number of benzene rings is 1. The van der Waals surface area contributed by atoms with Gasteiger partial charge in [-0.2, -0.15) is 0 Å². The molecule has 2 unspecified atom stereocenters. The number of rotatable bonds is 4. The summed E-state index contributed by atoms with van der Waals surface area (Å²) in [5, 5.41) is 10.2. The van der Waals surface area contributed by atoms with Crippen molar-refractivity contribution in [1.29, 1.82) is 0 Å². The average Bonchev–Trinajstić information content (AvgIpc) is 3.15. The lowest BCUT2D eigenvalue weighted by Gasteiger charge is -2.16. The van der Waals surface area contributed by atoms with E-state index in [2.05, 4.69) is 15.0 Å². The van der Waals surface area contributed by atoms with Gasteiger partial charge in [0.05, 0.1) is 22.3 Å². The third-order valence-corrected chi connectivity index (χ3v) is 7.04. The Hall–Kier alpha value is -3.33. The van der Waals surface area contributed by atoms with Crippen LogP contribution < -0.4 is 5.56 Å². The summed E-state index contributed by atoms with van der Waals surface area (Å²) in [4.78, 5) is 36.9. The zero-order valence-electron chi connectivity index (χ0n) is 15.6. The number of hydrogen-bond donors (Lipinski definition) is 2. The van der Waals surface area contributed by atoms with Gasteiger partial charge >= 0.3 is 5.97 Å². The Balaban J connectivity index is 1.59. The summed E-state index contributed by atoms with van der Waals surface area (Å²) in [6.45, 7) is 0. The monoisotopic (exact) mass is 420 g/mol. The summed E-state index contributed by atoms with van der Waals surface area (Å²) in [5.74, 6) is -0.380. The Bertz CT molecular complexity index is 1320. The number of aromatic amines is 1. The van der Waals surface area contributed by atoms with Gasteiger partial charge in [0.15, 0.2) is 11.6 Å². The van der Waals surface area contributed by atoms with Crippen LogP contribution in [0.25, 0.3) is 22.6 Å². The van der Waals surface area contributed by atoms with E-state index >= 15 is 0 Å². The van der Waals surface area contributed by atoms with Crippen LogP contribution in [0.3, 0.4) is 0 Å². The molecule has 4 heterocycles. The molecule has 1 fully saturated rings. The van der Waals surface area contributed by atoms with Crippen LogP contribution >= 0.6 is 11.8 Å². The maximum Gasteiger partial charge on any atom is 0.328 e. The number of nitrogens with one attached hydrogen (secondary N) is 1.